The molecule has 1 aliphatic rings. The fraction of sp³-hybridized carbons (Fsp3) is 0.304. The molecule has 0 bridgehead atoms. The minimum Gasteiger partial charge on any atom is -0.494 e. The summed E-state index contributed by atoms with van der Waals surface area (Å²) in [4.78, 5) is 14.9. The molecule has 0 saturated carbocycles. The van der Waals surface area contributed by atoms with Crippen molar-refractivity contribution in [3.05, 3.63) is 70.9 Å². The Labute approximate surface area is 191 Å². The minimum absolute atomic E-state index is 0.0596. The van der Waals surface area contributed by atoms with E-state index in [1.165, 1.54) is 0 Å². The van der Waals surface area contributed by atoms with Crippen molar-refractivity contribution in [3.8, 4) is 17.1 Å². The van der Waals surface area contributed by atoms with E-state index in [0.717, 1.165) is 16.9 Å². The molecule has 7 nitrogen and oxygen atoms in total. The number of ether oxygens (including phenoxy) is 1. The molecule has 1 aliphatic heterocycles. The van der Waals surface area contributed by atoms with Gasteiger partial charge in [0, 0.05) is 29.2 Å². The molecule has 3 aromatic rings. The lowest BCUT2D eigenvalue weighted by Crippen LogP contribution is -2.40. The van der Waals surface area contributed by atoms with Crippen LogP contribution < -0.4 is 4.74 Å². The van der Waals surface area contributed by atoms with Crippen molar-refractivity contribution in [1.29, 1.82) is 0 Å². The summed E-state index contributed by atoms with van der Waals surface area (Å²) in [7, 11) is -3.17. The van der Waals surface area contributed by atoms with Crippen molar-refractivity contribution in [2.45, 2.75) is 25.9 Å². The molecule has 0 aliphatic carbocycles. The highest BCUT2D eigenvalue weighted by atomic mass is 35.5. The van der Waals surface area contributed by atoms with Crippen molar-refractivity contribution in [1.82, 2.24) is 10.1 Å². The summed E-state index contributed by atoms with van der Waals surface area (Å²) in [6, 6.07) is 15.6. The zero-order chi connectivity index (χ0) is 22.7. The van der Waals surface area contributed by atoms with Gasteiger partial charge in [-0.2, -0.15) is 0 Å². The van der Waals surface area contributed by atoms with E-state index in [4.69, 9.17) is 20.9 Å². The van der Waals surface area contributed by atoms with Gasteiger partial charge in [0.05, 0.1) is 18.1 Å². The molecule has 1 aromatic heterocycles. The maximum Gasteiger partial charge on any atom is 0.276 e. The third kappa shape index (κ3) is 5.14. The fourth-order valence-electron chi connectivity index (χ4n) is 3.72. The van der Waals surface area contributed by atoms with Crippen molar-refractivity contribution in [2.75, 3.05) is 18.1 Å². The van der Waals surface area contributed by atoms with Crippen LogP contribution in [-0.4, -0.2) is 48.5 Å². The Bertz CT molecular complexity index is 1190. The summed E-state index contributed by atoms with van der Waals surface area (Å²) >= 11 is 5.97. The largest absolute Gasteiger partial charge is 0.494 e. The van der Waals surface area contributed by atoms with Crippen LogP contribution in [0, 0.1) is 0 Å². The van der Waals surface area contributed by atoms with Crippen LogP contribution in [0.25, 0.3) is 11.3 Å². The normalized spacial score (nSPS) is 17.2. The van der Waals surface area contributed by atoms with Gasteiger partial charge in [0.15, 0.2) is 21.3 Å². The molecule has 4 rings (SSSR count). The number of halogens is 1. The Morgan fingerprint density at radius 2 is 1.91 bits per heavy atom. The SMILES string of the molecule is CCOc1ccc(-c2cc(C(=O)N(Cc3ccc(Cl)cc3)[C@H]3CCS(=O)(=O)C3)no2)cc1. The van der Waals surface area contributed by atoms with E-state index in [9.17, 15) is 13.2 Å². The standard InChI is InChI=1S/C23H23ClN2O5S/c1-2-30-20-9-5-17(6-10-20)22-13-21(25-31-22)23(27)26(19-11-12-32(28,29)15-19)14-16-3-7-18(24)8-4-16/h3-10,13,19H,2,11-12,14-15H2,1H3/t19-/m0/s1. The average molecular weight is 475 g/mol. The number of hydrogen-bond donors (Lipinski definition) is 0. The summed E-state index contributed by atoms with van der Waals surface area (Å²) in [5.41, 5.74) is 1.74. The lowest BCUT2D eigenvalue weighted by Gasteiger charge is -2.27. The average Bonchev–Trinajstić information content (AvgIpc) is 3.40. The van der Waals surface area contributed by atoms with Crippen molar-refractivity contribution >= 4 is 27.3 Å². The van der Waals surface area contributed by atoms with E-state index in [-0.39, 0.29) is 29.7 Å². The van der Waals surface area contributed by atoms with E-state index in [0.29, 0.717) is 23.8 Å². The second-order valence-corrected chi connectivity index (χ2v) is 10.3. The smallest absolute Gasteiger partial charge is 0.276 e. The van der Waals surface area contributed by atoms with Gasteiger partial charge in [-0.15, -0.1) is 0 Å². The third-order valence-corrected chi connectivity index (χ3v) is 7.36. The first-order valence-electron chi connectivity index (χ1n) is 10.3. The fourth-order valence-corrected chi connectivity index (χ4v) is 5.57. The van der Waals surface area contributed by atoms with Gasteiger partial charge in [-0.1, -0.05) is 28.9 Å². The molecule has 9 heteroatoms. The first-order valence-corrected chi connectivity index (χ1v) is 12.5. The van der Waals surface area contributed by atoms with Gasteiger partial charge in [0.2, 0.25) is 0 Å². The van der Waals surface area contributed by atoms with Gasteiger partial charge >= 0.3 is 0 Å². The molecule has 0 N–H and O–H groups in total. The van der Waals surface area contributed by atoms with Gasteiger partial charge in [-0.05, 0) is 55.3 Å². The Balaban J connectivity index is 1.58. The molecular formula is C23H23ClN2O5S. The van der Waals surface area contributed by atoms with Crippen LogP contribution in [0.15, 0.2) is 59.1 Å². The van der Waals surface area contributed by atoms with Crippen LogP contribution in [0.3, 0.4) is 0 Å². The molecule has 1 saturated heterocycles. The number of hydrogen-bond acceptors (Lipinski definition) is 6. The quantitative estimate of drug-likeness (QED) is 0.509. The van der Waals surface area contributed by atoms with Crippen molar-refractivity contribution in [3.63, 3.8) is 0 Å². The van der Waals surface area contributed by atoms with E-state index in [2.05, 4.69) is 5.16 Å². The highest BCUT2D eigenvalue weighted by Crippen LogP contribution is 2.26. The van der Waals surface area contributed by atoms with Crippen LogP contribution >= 0.6 is 11.6 Å². The molecule has 32 heavy (non-hydrogen) atoms. The number of aromatic nitrogens is 1. The molecular weight excluding hydrogens is 452 g/mol. The minimum atomic E-state index is -3.17. The molecule has 2 heterocycles. The van der Waals surface area contributed by atoms with Gasteiger partial charge in [0.25, 0.3) is 5.91 Å². The van der Waals surface area contributed by atoms with Gasteiger partial charge in [0.1, 0.15) is 5.75 Å². The van der Waals surface area contributed by atoms with Crippen LogP contribution in [0.4, 0.5) is 0 Å². The highest BCUT2D eigenvalue weighted by Gasteiger charge is 2.36. The maximum atomic E-state index is 13.4. The van der Waals surface area contributed by atoms with E-state index < -0.39 is 15.9 Å². The van der Waals surface area contributed by atoms with Crippen LogP contribution in [0.2, 0.25) is 5.02 Å². The summed E-state index contributed by atoms with van der Waals surface area (Å²) < 4.78 is 35.0. The van der Waals surface area contributed by atoms with Gasteiger partial charge < -0.3 is 14.2 Å². The summed E-state index contributed by atoms with van der Waals surface area (Å²) in [5.74, 6) is 0.822. The number of benzene rings is 2. The predicted molar refractivity (Wildman–Crippen MR) is 121 cm³/mol. The van der Waals surface area contributed by atoms with Gasteiger partial charge in [-0.3, -0.25) is 4.79 Å². The first-order chi connectivity index (χ1) is 15.3. The van der Waals surface area contributed by atoms with E-state index >= 15 is 0 Å². The predicted octanol–water partition coefficient (Wildman–Crippen LogP) is 4.22. The molecule has 0 spiro atoms. The van der Waals surface area contributed by atoms with E-state index in [1.807, 2.05) is 43.3 Å². The Hall–Kier alpha value is -2.84. The number of nitrogens with zero attached hydrogens (tertiary/aromatic N) is 2. The van der Waals surface area contributed by atoms with Gasteiger partial charge in [-0.25, -0.2) is 8.42 Å². The topological polar surface area (TPSA) is 89.7 Å². The zero-order valence-electron chi connectivity index (χ0n) is 17.5. The van der Waals surface area contributed by atoms with Crippen molar-refractivity contribution in [2.24, 2.45) is 0 Å². The second kappa shape index (κ2) is 9.34. The lowest BCUT2D eigenvalue weighted by molar-refractivity contribution is 0.0670. The summed E-state index contributed by atoms with van der Waals surface area (Å²) in [6.45, 7) is 2.73. The molecule has 1 atom stereocenters. The third-order valence-electron chi connectivity index (χ3n) is 5.36. The molecule has 0 radical (unpaired) electrons. The monoisotopic (exact) mass is 474 g/mol. The maximum absolute atomic E-state index is 13.4. The number of carbonyl (C=O) groups is 1. The Morgan fingerprint density at radius 3 is 2.53 bits per heavy atom. The molecule has 1 amide bonds. The summed E-state index contributed by atoms with van der Waals surface area (Å²) in [6.07, 6.45) is 0.394. The Kier molecular flexibility index (Phi) is 6.53. The molecule has 168 valence electrons. The Morgan fingerprint density at radius 1 is 1.19 bits per heavy atom. The van der Waals surface area contributed by atoms with Crippen LogP contribution in [-0.2, 0) is 16.4 Å². The highest BCUT2D eigenvalue weighted by molar-refractivity contribution is 7.91. The van der Waals surface area contributed by atoms with Crippen LogP contribution in [0.5, 0.6) is 5.75 Å². The number of rotatable bonds is 7. The second-order valence-electron chi connectivity index (χ2n) is 7.65. The summed E-state index contributed by atoms with van der Waals surface area (Å²) in [5, 5.41) is 4.56. The van der Waals surface area contributed by atoms with Crippen molar-refractivity contribution < 1.29 is 22.5 Å². The zero-order valence-corrected chi connectivity index (χ0v) is 19.1. The van der Waals surface area contributed by atoms with E-state index in [1.54, 1.807) is 23.1 Å². The molecule has 2 aromatic carbocycles. The first kappa shape index (κ1) is 22.4. The molecule has 1 fully saturated rings. The number of sulfone groups is 1. The number of amides is 1. The van der Waals surface area contributed by atoms with Crippen LogP contribution in [0.1, 0.15) is 29.4 Å². The number of carbonyl (C=O) groups excluding carboxylic acids is 1. The molecule has 0 unspecified atom stereocenters. The lowest BCUT2D eigenvalue weighted by atomic mass is 10.1.